The zero-order chi connectivity index (χ0) is 15.4. The third kappa shape index (κ3) is 4.18. The lowest BCUT2D eigenvalue weighted by Gasteiger charge is -2.22. The van der Waals surface area contributed by atoms with E-state index in [0.717, 1.165) is 24.0 Å². The minimum Gasteiger partial charge on any atom is -0.481 e. The van der Waals surface area contributed by atoms with Crippen molar-refractivity contribution in [3.8, 4) is 0 Å². The summed E-state index contributed by atoms with van der Waals surface area (Å²) in [5.41, 5.74) is 1.88. The van der Waals surface area contributed by atoms with Crippen LogP contribution >= 0.6 is 0 Å². The molecular weight excluding hydrogens is 266 g/mol. The molecule has 0 aromatic heterocycles. The van der Waals surface area contributed by atoms with E-state index in [1.165, 1.54) is 0 Å². The first-order valence-electron chi connectivity index (χ1n) is 7.25. The van der Waals surface area contributed by atoms with Gasteiger partial charge in [-0.25, -0.2) is 0 Å². The molecule has 1 aliphatic carbocycles. The van der Waals surface area contributed by atoms with Gasteiger partial charge in [0.2, 0.25) is 5.91 Å². The number of hydrogen-bond acceptors (Lipinski definition) is 2. The van der Waals surface area contributed by atoms with Crippen LogP contribution in [0.5, 0.6) is 0 Å². The smallest absolute Gasteiger partial charge is 0.308 e. The number of carbonyl (C=O) groups excluding carboxylic acids is 1. The van der Waals surface area contributed by atoms with Crippen molar-refractivity contribution in [2.24, 2.45) is 11.8 Å². The van der Waals surface area contributed by atoms with Crippen LogP contribution in [0.1, 0.15) is 38.3 Å². The molecule has 0 aliphatic heterocycles. The Morgan fingerprint density at radius 3 is 2.43 bits per heavy atom. The van der Waals surface area contributed by atoms with Crippen molar-refractivity contribution >= 4 is 11.9 Å². The predicted octanol–water partition coefficient (Wildman–Crippen LogP) is 2.92. The van der Waals surface area contributed by atoms with Gasteiger partial charge >= 0.3 is 5.97 Å². The highest BCUT2D eigenvalue weighted by atomic mass is 16.4. The van der Waals surface area contributed by atoms with Gasteiger partial charge in [-0.1, -0.05) is 35.9 Å². The molecule has 1 fully saturated rings. The zero-order valence-electron chi connectivity index (χ0n) is 12.4. The SMILES string of the molecule is C/C(=C/C(=O)N[C@H](c1ccccc1)[C@@H](C)C(=O)O)C1CC1. The number of carboxylic acids is 1. The molecule has 0 radical (unpaired) electrons. The summed E-state index contributed by atoms with van der Waals surface area (Å²) < 4.78 is 0. The summed E-state index contributed by atoms with van der Waals surface area (Å²) in [6.45, 7) is 3.56. The largest absolute Gasteiger partial charge is 0.481 e. The summed E-state index contributed by atoms with van der Waals surface area (Å²) in [5.74, 6) is -1.30. The molecule has 4 nitrogen and oxygen atoms in total. The van der Waals surface area contributed by atoms with E-state index in [0.29, 0.717) is 5.92 Å². The molecule has 0 unspecified atom stereocenters. The van der Waals surface area contributed by atoms with Gasteiger partial charge in [-0.05, 0) is 38.2 Å². The molecule has 0 heterocycles. The zero-order valence-corrected chi connectivity index (χ0v) is 12.4. The first-order chi connectivity index (χ1) is 9.99. The fraction of sp³-hybridized carbons (Fsp3) is 0.412. The molecular formula is C17H21NO3. The molecule has 1 aliphatic rings. The van der Waals surface area contributed by atoms with Crippen molar-refractivity contribution in [3.63, 3.8) is 0 Å². The van der Waals surface area contributed by atoms with Gasteiger partial charge in [0.1, 0.15) is 0 Å². The van der Waals surface area contributed by atoms with Crippen LogP contribution in [0.15, 0.2) is 42.0 Å². The summed E-state index contributed by atoms with van der Waals surface area (Å²) in [5, 5.41) is 12.1. The van der Waals surface area contributed by atoms with Crippen LogP contribution in [0.2, 0.25) is 0 Å². The third-order valence-electron chi connectivity index (χ3n) is 3.93. The molecule has 2 rings (SSSR count). The summed E-state index contributed by atoms with van der Waals surface area (Å²) in [6, 6.07) is 8.69. The maximum atomic E-state index is 12.1. The second-order valence-electron chi connectivity index (χ2n) is 5.69. The molecule has 2 N–H and O–H groups in total. The first-order valence-corrected chi connectivity index (χ1v) is 7.25. The van der Waals surface area contributed by atoms with Crippen LogP contribution in [0.25, 0.3) is 0 Å². The number of benzene rings is 1. The average Bonchev–Trinajstić information content (AvgIpc) is 3.29. The van der Waals surface area contributed by atoms with Crippen molar-refractivity contribution in [2.45, 2.75) is 32.7 Å². The number of aliphatic carboxylic acids is 1. The fourth-order valence-corrected chi connectivity index (χ4v) is 2.36. The van der Waals surface area contributed by atoms with Gasteiger partial charge in [0.25, 0.3) is 0 Å². The van der Waals surface area contributed by atoms with E-state index in [9.17, 15) is 14.7 Å². The van der Waals surface area contributed by atoms with Gasteiger partial charge in [-0.3, -0.25) is 9.59 Å². The topological polar surface area (TPSA) is 66.4 Å². The molecule has 2 atom stereocenters. The summed E-state index contributed by atoms with van der Waals surface area (Å²) in [4.78, 5) is 23.4. The van der Waals surface area contributed by atoms with E-state index in [2.05, 4.69) is 5.32 Å². The molecule has 0 spiro atoms. The molecule has 112 valence electrons. The number of allylic oxidation sites excluding steroid dienone is 1. The van der Waals surface area contributed by atoms with Crippen molar-refractivity contribution in [1.82, 2.24) is 5.32 Å². The monoisotopic (exact) mass is 287 g/mol. The molecule has 1 aromatic carbocycles. The van der Waals surface area contributed by atoms with Gasteiger partial charge in [0.05, 0.1) is 12.0 Å². The van der Waals surface area contributed by atoms with E-state index < -0.39 is 17.9 Å². The molecule has 1 saturated carbocycles. The Hall–Kier alpha value is -2.10. The van der Waals surface area contributed by atoms with Gasteiger partial charge < -0.3 is 10.4 Å². The molecule has 1 aromatic rings. The highest BCUT2D eigenvalue weighted by molar-refractivity contribution is 5.89. The summed E-state index contributed by atoms with van der Waals surface area (Å²) in [6.07, 6.45) is 3.88. The average molecular weight is 287 g/mol. The lowest BCUT2D eigenvalue weighted by molar-refractivity contribution is -0.142. The predicted molar refractivity (Wildman–Crippen MR) is 80.6 cm³/mol. The van der Waals surface area contributed by atoms with Crippen LogP contribution in [-0.4, -0.2) is 17.0 Å². The van der Waals surface area contributed by atoms with E-state index >= 15 is 0 Å². The molecule has 1 amide bonds. The van der Waals surface area contributed by atoms with Crippen LogP contribution in [-0.2, 0) is 9.59 Å². The maximum absolute atomic E-state index is 12.1. The van der Waals surface area contributed by atoms with Gasteiger partial charge in [-0.2, -0.15) is 0 Å². The highest BCUT2D eigenvalue weighted by Crippen LogP contribution is 2.35. The lowest BCUT2D eigenvalue weighted by atomic mass is 9.94. The minimum absolute atomic E-state index is 0.221. The minimum atomic E-state index is -0.924. The van der Waals surface area contributed by atoms with Crippen molar-refractivity contribution in [1.29, 1.82) is 0 Å². The highest BCUT2D eigenvalue weighted by Gasteiger charge is 2.27. The van der Waals surface area contributed by atoms with E-state index in [4.69, 9.17) is 0 Å². The number of hydrogen-bond donors (Lipinski definition) is 2. The lowest BCUT2D eigenvalue weighted by Crippen LogP contribution is -2.34. The number of carboxylic acid groups (broad SMARTS) is 1. The standard InChI is InChI=1S/C17H21NO3/c1-11(13-8-9-13)10-15(19)18-16(12(2)17(20)21)14-6-4-3-5-7-14/h3-7,10,12-13,16H,8-9H2,1-2H3,(H,18,19)(H,20,21)/b11-10-/t12-,16+/m1/s1. The second kappa shape index (κ2) is 6.57. The summed E-state index contributed by atoms with van der Waals surface area (Å²) >= 11 is 0. The Kier molecular flexibility index (Phi) is 4.78. The van der Waals surface area contributed by atoms with Crippen LogP contribution in [0, 0.1) is 11.8 Å². The third-order valence-corrected chi connectivity index (χ3v) is 3.93. The Bertz CT molecular complexity index is 546. The van der Waals surface area contributed by atoms with E-state index in [-0.39, 0.29) is 5.91 Å². The van der Waals surface area contributed by atoms with Gasteiger partial charge in [0.15, 0.2) is 0 Å². The fourth-order valence-electron chi connectivity index (χ4n) is 2.36. The Morgan fingerprint density at radius 1 is 1.29 bits per heavy atom. The maximum Gasteiger partial charge on any atom is 0.308 e. The van der Waals surface area contributed by atoms with Crippen LogP contribution < -0.4 is 5.32 Å². The van der Waals surface area contributed by atoms with E-state index in [1.54, 1.807) is 13.0 Å². The molecule has 4 heteroatoms. The van der Waals surface area contributed by atoms with Gasteiger partial charge in [-0.15, -0.1) is 0 Å². The van der Waals surface area contributed by atoms with Crippen LogP contribution in [0.4, 0.5) is 0 Å². The molecule has 0 saturated heterocycles. The first kappa shape index (κ1) is 15.3. The van der Waals surface area contributed by atoms with Crippen molar-refractivity contribution in [3.05, 3.63) is 47.5 Å². The Labute approximate surface area is 124 Å². The Balaban J connectivity index is 2.14. The van der Waals surface area contributed by atoms with Crippen molar-refractivity contribution in [2.75, 3.05) is 0 Å². The Morgan fingerprint density at radius 2 is 1.90 bits per heavy atom. The number of amides is 1. The molecule has 21 heavy (non-hydrogen) atoms. The molecule has 0 bridgehead atoms. The normalized spacial score (nSPS) is 17.9. The number of nitrogens with one attached hydrogen (secondary N) is 1. The van der Waals surface area contributed by atoms with Gasteiger partial charge in [0, 0.05) is 6.08 Å². The van der Waals surface area contributed by atoms with E-state index in [1.807, 2.05) is 37.3 Å². The number of rotatable bonds is 6. The summed E-state index contributed by atoms with van der Waals surface area (Å²) in [7, 11) is 0. The van der Waals surface area contributed by atoms with Crippen LogP contribution in [0.3, 0.4) is 0 Å². The van der Waals surface area contributed by atoms with Crippen molar-refractivity contribution < 1.29 is 14.7 Å². The number of carbonyl (C=O) groups is 2. The quantitative estimate of drug-likeness (QED) is 0.791. The second-order valence-corrected chi connectivity index (χ2v) is 5.69.